The molecule has 3 aromatic carbocycles. The SMILES string of the molecule is COc1ccc(-c2cc(C(=O)N=Nc3c(O)[nH]c4ccc(Br)cc34)c3ccccc3n2)cc1. The van der Waals surface area contributed by atoms with Gasteiger partial charge in [-0.15, -0.1) is 10.2 Å². The minimum atomic E-state index is -0.535. The molecule has 0 saturated heterocycles. The smallest absolute Gasteiger partial charge is 0.296 e. The Kier molecular flexibility index (Phi) is 5.35. The lowest BCUT2D eigenvalue weighted by molar-refractivity contribution is 0.0996. The van der Waals surface area contributed by atoms with Crippen molar-refractivity contribution < 1.29 is 14.6 Å². The summed E-state index contributed by atoms with van der Waals surface area (Å²) in [4.78, 5) is 20.7. The molecule has 2 aromatic heterocycles. The highest BCUT2D eigenvalue weighted by molar-refractivity contribution is 9.10. The summed E-state index contributed by atoms with van der Waals surface area (Å²) in [6.07, 6.45) is 0. The van der Waals surface area contributed by atoms with E-state index >= 15 is 0 Å². The molecular formula is C25H17BrN4O3. The predicted molar refractivity (Wildman–Crippen MR) is 130 cm³/mol. The lowest BCUT2D eigenvalue weighted by Gasteiger charge is -2.08. The molecule has 0 fully saturated rings. The van der Waals surface area contributed by atoms with Crippen molar-refractivity contribution in [1.82, 2.24) is 9.97 Å². The Bertz CT molecular complexity index is 1540. The summed E-state index contributed by atoms with van der Waals surface area (Å²) in [7, 11) is 1.61. The molecule has 33 heavy (non-hydrogen) atoms. The zero-order valence-electron chi connectivity index (χ0n) is 17.4. The van der Waals surface area contributed by atoms with Crippen LogP contribution in [-0.4, -0.2) is 28.1 Å². The van der Waals surface area contributed by atoms with E-state index in [2.05, 4.69) is 31.1 Å². The van der Waals surface area contributed by atoms with Crippen LogP contribution in [0.1, 0.15) is 10.4 Å². The summed E-state index contributed by atoms with van der Waals surface area (Å²) in [5.74, 6) is 0.0417. The van der Waals surface area contributed by atoms with Gasteiger partial charge in [-0.1, -0.05) is 34.1 Å². The van der Waals surface area contributed by atoms with Gasteiger partial charge in [0.2, 0.25) is 5.88 Å². The van der Waals surface area contributed by atoms with Crippen LogP contribution in [0.2, 0.25) is 0 Å². The third-order valence-corrected chi connectivity index (χ3v) is 5.78. The molecule has 0 saturated carbocycles. The van der Waals surface area contributed by atoms with Crippen LogP contribution >= 0.6 is 15.9 Å². The molecule has 2 N–H and O–H groups in total. The van der Waals surface area contributed by atoms with Gasteiger partial charge < -0.3 is 14.8 Å². The van der Waals surface area contributed by atoms with Crippen molar-refractivity contribution in [2.45, 2.75) is 0 Å². The molecule has 5 aromatic rings. The Balaban J connectivity index is 1.58. The number of aromatic nitrogens is 2. The highest BCUT2D eigenvalue weighted by Crippen LogP contribution is 2.37. The van der Waals surface area contributed by atoms with Crippen molar-refractivity contribution in [3.05, 3.63) is 82.8 Å². The molecule has 0 aliphatic rings. The average Bonchev–Trinajstić information content (AvgIpc) is 3.15. The van der Waals surface area contributed by atoms with Crippen molar-refractivity contribution in [3.63, 3.8) is 0 Å². The molecule has 0 unspecified atom stereocenters. The summed E-state index contributed by atoms with van der Waals surface area (Å²) >= 11 is 3.41. The standard InChI is InChI=1S/C25H17BrN4O3/c1-33-16-9-6-14(7-10-16)22-13-18(17-4-2-3-5-20(17)27-22)24(31)30-29-23-19-12-15(26)8-11-21(19)28-25(23)32/h2-13,28,32H,1H3. The molecule has 1 amide bonds. The number of nitrogens with zero attached hydrogens (tertiary/aromatic N) is 3. The van der Waals surface area contributed by atoms with Crippen LogP contribution in [0.25, 0.3) is 33.1 Å². The first-order valence-corrected chi connectivity index (χ1v) is 10.8. The van der Waals surface area contributed by atoms with E-state index in [1.165, 1.54) is 0 Å². The van der Waals surface area contributed by atoms with Crippen molar-refractivity contribution in [2.24, 2.45) is 10.2 Å². The number of rotatable bonds is 4. The summed E-state index contributed by atoms with van der Waals surface area (Å²) in [5, 5.41) is 19.6. The number of hydrogen-bond donors (Lipinski definition) is 2. The number of carbonyl (C=O) groups excluding carboxylic acids is 1. The number of methoxy groups -OCH3 is 1. The van der Waals surface area contributed by atoms with Crippen molar-refractivity contribution >= 4 is 49.3 Å². The molecule has 0 atom stereocenters. The van der Waals surface area contributed by atoms with E-state index in [0.29, 0.717) is 33.1 Å². The number of hydrogen-bond acceptors (Lipinski definition) is 5. The zero-order valence-corrected chi connectivity index (χ0v) is 19.0. The van der Waals surface area contributed by atoms with Crippen LogP contribution in [0.15, 0.2) is 87.5 Å². The molecule has 5 rings (SSSR count). The van der Waals surface area contributed by atoms with Gasteiger partial charge in [0.05, 0.1) is 29.4 Å². The first kappa shape index (κ1) is 20.8. The fourth-order valence-electron chi connectivity index (χ4n) is 3.65. The second-order valence-corrected chi connectivity index (χ2v) is 8.23. The van der Waals surface area contributed by atoms with Gasteiger partial charge in [-0.2, -0.15) is 0 Å². The number of H-pyrrole nitrogens is 1. The maximum Gasteiger partial charge on any atom is 0.296 e. The quantitative estimate of drug-likeness (QED) is 0.265. The van der Waals surface area contributed by atoms with E-state index in [1.807, 2.05) is 54.6 Å². The number of fused-ring (bicyclic) bond motifs is 2. The number of azo groups is 1. The summed E-state index contributed by atoms with van der Waals surface area (Å²) in [5.41, 5.74) is 3.40. The highest BCUT2D eigenvalue weighted by Gasteiger charge is 2.16. The van der Waals surface area contributed by atoms with Crippen LogP contribution < -0.4 is 4.74 Å². The molecule has 0 aliphatic carbocycles. The second-order valence-electron chi connectivity index (χ2n) is 7.32. The molecular weight excluding hydrogens is 484 g/mol. The third kappa shape index (κ3) is 3.96. The van der Waals surface area contributed by atoms with Gasteiger partial charge in [-0.3, -0.25) is 4.79 Å². The number of amides is 1. The van der Waals surface area contributed by atoms with E-state index < -0.39 is 5.91 Å². The molecule has 0 bridgehead atoms. The number of ether oxygens (including phenoxy) is 1. The molecule has 7 nitrogen and oxygen atoms in total. The monoisotopic (exact) mass is 500 g/mol. The normalized spacial score (nSPS) is 11.5. The van der Waals surface area contributed by atoms with E-state index in [0.717, 1.165) is 15.8 Å². The number of para-hydroxylation sites is 1. The average molecular weight is 501 g/mol. The Morgan fingerprint density at radius 3 is 2.61 bits per heavy atom. The molecule has 0 spiro atoms. The molecule has 162 valence electrons. The Morgan fingerprint density at radius 2 is 1.82 bits per heavy atom. The number of nitrogens with one attached hydrogen (secondary N) is 1. The fourth-order valence-corrected chi connectivity index (χ4v) is 4.01. The minimum Gasteiger partial charge on any atom is -0.497 e. The number of aromatic hydroxyl groups is 1. The Hall–Kier alpha value is -4.04. The number of aromatic amines is 1. The minimum absolute atomic E-state index is 0.154. The third-order valence-electron chi connectivity index (χ3n) is 5.29. The van der Waals surface area contributed by atoms with E-state index in [9.17, 15) is 9.90 Å². The zero-order chi connectivity index (χ0) is 22.9. The van der Waals surface area contributed by atoms with E-state index in [-0.39, 0.29) is 11.6 Å². The van der Waals surface area contributed by atoms with Crippen molar-refractivity contribution in [2.75, 3.05) is 7.11 Å². The fraction of sp³-hybridized carbons (Fsp3) is 0.0400. The van der Waals surface area contributed by atoms with Crippen molar-refractivity contribution in [3.8, 4) is 22.9 Å². The van der Waals surface area contributed by atoms with Crippen LogP contribution in [0.3, 0.4) is 0 Å². The van der Waals surface area contributed by atoms with Gasteiger partial charge in [0.25, 0.3) is 5.91 Å². The van der Waals surface area contributed by atoms with E-state index in [4.69, 9.17) is 9.72 Å². The molecule has 2 heterocycles. The van der Waals surface area contributed by atoms with Gasteiger partial charge in [0.15, 0.2) is 5.69 Å². The van der Waals surface area contributed by atoms with Gasteiger partial charge in [-0.25, -0.2) is 4.98 Å². The lowest BCUT2D eigenvalue weighted by Crippen LogP contribution is -1.99. The van der Waals surface area contributed by atoms with Gasteiger partial charge >= 0.3 is 0 Å². The van der Waals surface area contributed by atoms with Gasteiger partial charge in [0, 0.05) is 20.8 Å². The lowest BCUT2D eigenvalue weighted by atomic mass is 10.0. The second kappa shape index (κ2) is 8.48. The van der Waals surface area contributed by atoms with Crippen molar-refractivity contribution in [1.29, 1.82) is 0 Å². The first-order chi connectivity index (χ1) is 16.0. The topological polar surface area (TPSA) is 99.9 Å². The Morgan fingerprint density at radius 1 is 1.03 bits per heavy atom. The Labute approximate surface area is 196 Å². The van der Waals surface area contributed by atoms with Crippen LogP contribution in [-0.2, 0) is 0 Å². The first-order valence-electron chi connectivity index (χ1n) is 10.0. The maximum atomic E-state index is 13.1. The number of halogens is 1. The molecule has 0 radical (unpaired) electrons. The summed E-state index contributed by atoms with van der Waals surface area (Å²) in [6, 6.07) is 22.0. The summed E-state index contributed by atoms with van der Waals surface area (Å²) in [6.45, 7) is 0. The van der Waals surface area contributed by atoms with Crippen LogP contribution in [0, 0.1) is 0 Å². The maximum absolute atomic E-state index is 13.1. The predicted octanol–water partition coefficient (Wildman–Crippen LogP) is 6.78. The summed E-state index contributed by atoms with van der Waals surface area (Å²) < 4.78 is 6.04. The van der Waals surface area contributed by atoms with Gasteiger partial charge in [0.1, 0.15) is 5.75 Å². The number of pyridine rings is 1. The van der Waals surface area contributed by atoms with Crippen LogP contribution in [0.4, 0.5) is 5.69 Å². The van der Waals surface area contributed by atoms with Gasteiger partial charge in [-0.05, 0) is 54.6 Å². The van der Waals surface area contributed by atoms with E-state index in [1.54, 1.807) is 25.3 Å². The molecule has 0 aliphatic heterocycles. The van der Waals surface area contributed by atoms with Crippen LogP contribution in [0.5, 0.6) is 11.6 Å². The highest BCUT2D eigenvalue weighted by atomic mass is 79.9. The molecule has 8 heteroatoms. The number of benzene rings is 3. The number of carbonyl (C=O) groups is 1. The largest absolute Gasteiger partial charge is 0.497 e.